The van der Waals surface area contributed by atoms with E-state index in [-0.39, 0.29) is 25.0 Å². The van der Waals surface area contributed by atoms with Crippen LogP contribution < -0.4 is 14.8 Å². The number of ether oxygens (including phenoxy) is 2. The fourth-order valence-corrected chi connectivity index (χ4v) is 3.01. The summed E-state index contributed by atoms with van der Waals surface area (Å²) in [6.45, 7) is 3.98. The second kappa shape index (κ2) is 8.43. The minimum Gasteiger partial charge on any atom is -0.493 e. The fourth-order valence-electron chi connectivity index (χ4n) is 3.01. The van der Waals surface area contributed by atoms with Crippen molar-refractivity contribution >= 4 is 11.9 Å². The van der Waals surface area contributed by atoms with Crippen LogP contribution in [0.5, 0.6) is 11.5 Å². The SMILES string of the molecule is COc1ccc(CN2CNC(=O)N(CC#N)C(C(C)C)C2=O)cc1OC. The molecule has 1 atom stereocenters. The Balaban J connectivity index is 2.28. The molecule has 1 fully saturated rings. The Hall–Kier alpha value is -2.95. The van der Waals surface area contributed by atoms with Gasteiger partial charge < -0.3 is 19.7 Å². The van der Waals surface area contributed by atoms with Crippen molar-refractivity contribution in [2.45, 2.75) is 26.4 Å². The van der Waals surface area contributed by atoms with Crippen molar-refractivity contribution in [3.05, 3.63) is 23.8 Å². The Morgan fingerprint density at radius 2 is 1.96 bits per heavy atom. The van der Waals surface area contributed by atoms with E-state index in [1.165, 1.54) is 4.90 Å². The minimum atomic E-state index is -0.683. The maximum atomic E-state index is 13.0. The molecule has 1 saturated heterocycles. The van der Waals surface area contributed by atoms with Gasteiger partial charge in [-0.1, -0.05) is 19.9 Å². The topological polar surface area (TPSA) is 94.9 Å². The third kappa shape index (κ3) is 3.99. The lowest BCUT2D eigenvalue weighted by molar-refractivity contribution is -0.136. The zero-order valence-corrected chi connectivity index (χ0v) is 15.5. The normalized spacial score (nSPS) is 17.6. The highest BCUT2D eigenvalue weighted by atomic mass is 16.5. The van der Waals surface area contributed by atoms with E-state index in [1.807, 2.05) is 26.0 Å². The molecule has 1 aromatic rings. The van der Waals surface area contributed by atoms with Crippen molar-refractivity contribution in [3.63, 3.8) is 0 Å². The molecule has 0 saturated carbocycles. The molecule has 1 aliphatic heterocycles. The molecule has 1 aliphatic rings. The van der Waals surface area contributed by atoms with Crippen LogP contribution in [-0.4, -0.2) is 55.2 Å². The van der Waals surface area contributed by atoms with Gasteiger partial charge in [0.1, 0.15) is 12.6 Å². The Bertz CT molecular complexity index is 714. The molecule has 140 valence electrons. The quantitative estimate of drug-likeness (QED) is 0.777. The van der Waals surface area contributed by atoms with E-state index < -0.39 is 12.1 Å². The maximum Gasteiger partial charge on any atom is 0.320 e. The summed E-state index contributed by atoms with van der Waals surface area (Å²) in [6.07, 6.45) is 0. The van der Waals surface area contributed by atoms with E-state index in [0.29, 0.717) is 18.0 Å². The van der Waals surface area contributed by atoms with Gasteiger partial charge in [0.25, 0.3) is 0 Å². The minimum absolute atomic E-state index is 0.0805. The summed E-state index contributed by atoms with van der Waals surface area (Å²) >= 11 is 0. The van der Waals surface area contributed by atoms with Crippen LogP contribution in [0.3, 0.4) is 0 Å². The molecule has 1 unspecified atom stereocenters. The van der Waals surface area contributed by atoms with Crippen LogP contribution in [0, 0.1) is 17.2 Å². The molecule has 1 N–H and O–H groups in total. The predicted molar refractivity (Wildman–Crippen MR) is 94.4 cm³/mol. The third-order valence-corrected chi connectivity index (χ3v) is 4.28. The number of nitrogens with one attached hydrogen (secondary N) is 1. The molecule has 3 amide bonds. The van der Waals surface area contributed by atoms with Gasteiger partial charge in [-0.3, -0.25) is 9.69 Å². The molecule has 2 rings (SSSR count). The number of nitrogens with zero attached hydrogens (tertiary/aromatic N) is 3. The van der Waals surface area contributed by atoms with Gasteiger partial charge in [-0.05, 0) is 23.6 Å². The lowest BCUT2D eigenvalue weighted by Gasteiger charge is -2.31. The first-order chi connectivity index (χ1) is 12.4. The Morgan fingerprint density at radius 1 is 1.27 bits per heavy atom. The van der Waals surface area contributed by atoms with Crippen LogP contribution in [0.4, 0.5) is 4.79 Å². The summed E-state index contributed by atoms with van der Waals surface area (Å²) in [6, 6.07) is 6.29. The molecule has 1 aromatic carbocycles. The van der Waals surface area contributed by atoms with Gasteiger partial charge in [-0.15, -0.1) is 0 Å². The average molecular weight is 360 g/mol. The monoisotopic (exact) mass is 360 g/mol. The zero-order valence-electron chi connectivity index (χ0n) is 15.5. The molecular weight excluding hydrogens is 336 g/mol. The molecule has 0 spiro atoms. The van der Waals surface area contributed by atoms with Crippen molar-refractivity contribution in [1.82, 2.24) is 15.1 Å². The van der Waals surface area contributed by atoms with Crippen molar-refractivity contribution < 1.29 is 19.1 Å². The van der Waals surface area contributed by atoms with Crippen molar-refractivity contribution in [2.75, 3.05) is 27.4 Å². The van der Waals surface area contributed by atoms with Crippen LogP contribution in [-0.2, 0) is 11.3 Å². The van der Waals surface area contributed by atoms with Crippen LogP contribution in [0.1, 0.15) is 19.4 Å². The first kappa shape index (κ1) is 19.4. The second-order valence-corrected chi connectivity index (χ2v) is 6.34. The van der Waals surface area contributed by atoms with E-state index in [4.69, 9.17) is 14.7 Å². The Morgan fingerprint density at radius 3 is 2.54 bits per heavy atom. The number of rotatable bonds is 6. The lowest BCUT2D eigenvalue weighted by atomic mass is 10.0. The fraction of sp³-hybridized carbons (Fsp3) is 0.500. The van der Waals surface area contributed by atoms with Crippen LogP contribution in [0.2, 0.25) is 0 Å². The second-order valence-electron chi connectivity index (χ2n) is 6.34. The van der Waals surface area contributed by atoms with Crippen molar-refractivity contribution in [3.8, 4) is 17.6 Å². The van der Waals surface area contributed by atoms with Crippen molar-refractivity contribution in [2.24, 2.45) is 5.92 Å². The molecule has 0 aliphatic carbocycles. The summed E-state index contributed by atoms with van der Waals surface area (Å²) in [7, 11) is 3.11. The number of carbonyl (C=O) groups is 2. The van der Waals surface area contributed by atoms with E-state index in [2.05, 4.69) is 5.32 Å². The molecule has 0 bridgehead atoms. The standard InChI is InChI=1S/C18H24N4O4/c1-12(2)16-17(23)21(11-20-18(24)22(16)8-7-19)10-13-5-6-14(25-3)15(9-13)26-4/h5-6,9,12,16H,8,10-11H2,1-4H3,(H,20,24). The van der Waals surface area contributed by atoms with Gasteiger partial charge in [0.15, 0.2) is 11.5 Å². The summed E-state index contributed by atoms with van der Waals surface area (Å²) in [5.41, 5.74) is 0.849. The summed E-state index contributed by atoms with van der Waals surface area (Å²) < 4.78 is 10.5. The highest BCUT2D eigenvalue weighted by Crippen LogP contribution is 2.28. The zero-order chi connectivity index (χ0) is 19.3. The number of amides is 3. The predicted octanol–water partition coefficient (Wildman–Crippen LogP) is 1.56. The molecule has 8 nitrogen and oxygen atoms in total. The van der Waals surface area contributed by atoms with E-state index in [1.54, 1.807) is 31.3 Å². The number of carbonyl (C=O) groups excluding carboxylic acids is 2. The summed E-state index contributed by atoms with van der Waals surface area (Å²) in [4.78, 5) is 28.2. The maximum absolute atomic E-state index is 13.0. The molecule has 0 radical (unpaired) electrons. The van der Waals surface area contributed by atoms with Gasteiger partial charge in [0, 0.05) is 6.54 Å². The van der Waals surface area contributed by atoms with Crippen LogP contribution >= 0.6 is 0 Å². The number of methoxy groups -OCH3 is 2. The summed E-state index contributed by atoms with van der Waals surface area (Å²) in [5.74, 6) is 0.866. The molecule has 1 heterocycles. The largest absolute Gasteiger partial charge is 0.493 e. The van der Waals surface area contributed by atoms with E-state index >= 15 is 0 Å². The Labute approximate surface area is 153 Å². The number of hydrogen-bond donors (Lipinski definition) is 1. The number of benzene rings is 1. The van der Waals surface area contributed by atoms with Crippen molar-refractivity contribution in [1.29, 1.82) is 5.26 Å². The lowest BCUT2D eigenvalue weighted by Crippen LogP contribution is -2.50. The molecule has 0 aromatic heterocycles. The third-order valence-electron chi connectivity index (χ3n) is 4.28. The molecule has 8 heteroatoms. The highest BCUT2D eigenvalue weighted by Gasteiger charge is 2.38. The highest BCUT2D eigenvalue weighted by molar-refractivity contribution is 5.89. The Kier molecular flexibility index (Phi) is 6.28. The van der Waals surface area contributed by atoms with Gasteiger partial charge in [0.2, 0.25) is 5.91 Å². The van der Waals surface area contributed by atoms with Gasteiger partial charge in [-0.2, -0.15) is 5.26 Å². The summed E-state index contributed by atoms with van der Waals surface area (Å²) in [5, 5.41) is 11.7. The first-order valence-corrected chi connectivity index (χ1v) is 8.34. The first-order valence-electron chi connectivity index (χ1n) is 8.34. The van der Waals surface area contributed by atoms with Gasteiger partial charge >= 0.3 is 6.03 Å². The van der Waals surface area contributed by atoms with E-state index in [9.17, 15) is 9.59 Å². The van der Waals surface area contributed by atoms with Crippen LogP contribution in [0.25, 0.3) is 0 Å². The smallest absolute Gasteiger partial charge is 0.320 e. The number of urea groups is 1. The number of hydrogen-bond acceptors (Lipinski definition) is 5. The van der Waals surface area contributed by atoms with Gasteiger partial charge in [-0.25, -0.2) is 4.79 Å². The molecular formula is C18H24N4O4. The molecule has 26 heavy (non-hydrogen) atoms. The average Bonchev–Trinajstić information content (AvgIpc) is 2.73. The number of nitriles is 1. The van der Waals surface area contributed by atoms with E-state index in [0.717, 1.165) is 5.56 Å². The van der Waals surface area contributed by atoms with Gasteiger partial charge in [0.05, 0.1) is 27.0 Å². The van der Waals surface area contributed by atoms with Crippen LogP contribution in [0.15, 0.2) is 18.2 Å².